The number of hydrogen-bond donors (Lipinski definition) is 0. The average Bonchev–Trinajstić information content (AvgIpc) is 3.25. The van der Waals surface area contributed by atoms with Gasteiger partial charge in [0.05, 0.1) is 23.4 Å². The number of nitrogens with zero attached hydrogens (tertiary/aromatic N) is 3. The predicted octanol–water partition coefficient (Wildman–Crippen LogP) is 3.19. The standard InChI is InChI=1S/C17H17N3O2S/c1-20(10-15-11-23-12-18-15)17(21)16-9-14(19-22-16)8-7-13-5-3-2-4-6-13/h2-6,9,11-12H,7-8,10H2,1H3. The third-order valence-corrected chi connectivity index (χ3v) is 4.15. The van der Waals surface area contributed by atoms with Crippen molar-refractivity contribution in [2.45, 2.75) is 19.4 Å². The van der Waals surface area contributed by atoms with Crippen LogP contribution in [-0.4, -0.2) is 28.0 Å². The Morgan fingerprint density at radius 2 is 2.04 bits per heavy atom. The van der Waals surface area contributed by atoms with Crippen LogP contribution >= 0.6 is 11.3 Å². The summed E-state index contributed by atoms with van der Waals surface area (Å²) in [5.41, 5.74) is 4.65. The molecule has 0 bridgehead atoms. The van der Waals surface area contributed by atoms with Crippen LogP contribution in [0.5, 0.6) is 0 Å². The molecule has 5 nitrogen and oxygen atoms in total. The second-order valence-corrected chi connectivity index (χ2v) is 6.03. The molecule has 118 valence electrons. The molecule has 0 fully saturated rings. The number of aromatic nitrogens is 2. The fourth-order valence-corrected chi connectivity index (χ4v) is 2.82. The van der Waals surface area contributed by atoms with Gasteiger partial charge in [0.25, 0.3) is 5.91 Å². The van der Waals surface area contributed by atoms with E-state index in [9.17, 15) is 4.79 Å². The Hall–Kier alpha value is -2.47. The Balaban J connectivity index is 1.58. The molecule has 23 heavy (non-hydrogen) atoms. The molecule has 1 aromatic carbocycles. The molecule has 0 spiro atoms. The van der Waals surface area contributed by atoms with E-state index in [1.807, 2.05) is 23.6 Å². The van der Waals surface area contributed by atoms with Crippen molar-refractivity contribution in [3.05, 3.63) is 70.0 Å². The van der Waals surface area contributed by atoms with Gasteiger partial charge in [-0.3, -0.25) is 4.79 Å². The fraction of sp³-hybridized carbons (Fsp3) is 0.235. The Bertz CT molecular complexity index is 753. The van der Waals surface area contributed by atoms with Crippen molar-refractivity contribution in [3.63, 3.8) is 0 Å². The average molecular weight is 327 g/mol. The van der Waals surface area contributed by atoms with Crippen LogP contribution in [0.2, 0.25) is 0 Å². The smallest absolute Gasteiger partial charge is 0.292 e. The molecular formula is C17H17N3O2S. The molecule has 1 amide bonds. The monoisotopic (exact) mass is 327 g/mol. The Kier molecular flexibility index (Phi) is 4.83. The number of rotatable bonds is 6. The van der Waals surface area contributed by atoms with E-state index in [0.29, 0.717) is 6.54 Å². The van der Waals surface area contributed by atoms with Crippen LogP contribution in [-0.2, 0) is 19.4 Å². The molecule has 0 aliphatic rings. The first-order chi connectivity index (χ1) is 11.2. The van der Waals surface area contributed by atoms with Crippen LogP contribution in [0.3, 0.4) is 0 Å². The number of hydrogen-bond acceptors (Lipinski definition) is 5. The lowest BCUT2D eigenvalue weighted by molar-refractivity contribution is 0.0742. The van der Waals surface area contributed by atoms with E-state index in [1.54, 1.807) is 23.5 Å². The van der Waals surface area contributed by atoms with Crippen LogP contribution in [0.15, 0.2) is 51.8 Å². The lowest BCUT2D eigenvalue weighted by Crippen LogP contribution is -2.25. The van der Waals surface area contributed by atoms with Gasteiger partial charge in [0.1, 0.15) is 0 Å². The summed E-state index contributed by atoms with van der Waals surface area (Å²) in [6.45, 7) is 0.461. The lowest BCUT2D eigenvalue weighted by atomic mass is 10.1. The largest absolute Gasteiger partial charge is 0.351 e. The van der Waals surface area contributed by atoms with E-state index in [0.717, 1.165) is 24.2 Å². The highest BCUT2D eigenvalue weighted by atomic mass is 32.1. The van der Waals surface area contributed by atoms with E-state index in [1.165, 1.54) is 16.9 Å². The van der Waals surface area contributed by atoms with Crippen LogP contribution in [0.25, 0.3) is 0 Å². The first kappa shape index (κ1) is 15.4. The van der Waals surface area contributed by atoms with Gasteiger partial charge in [-0.2, -0.15) is 0 Å². The van der Waals surface area contributed by atoms with Crippen molar-refractivity contribution < 1.29 is 9.32 Å². The molecular weight excluding hydrogens is 310 g/mol. The molecule has 0 aliphatic carbocycles. The number of thiazole rings is 1. The molecule has 0 saturated carbocycles. The van der Waals surface area contributed by atoms with Crippen LogP contribution in [0, 0.1) is 0 Å². The van der Waals surface area contributed by atoms with Crippen LogP contribution in [0.1, 0.15) is 27.5 Å². The van der Waals surface area contributed by atoms with Gasteiger partial charge in [-0.15, -0.1) is 11.3 Å². The predicted molar refractivity (Wildman–Crippen MR) is 88.3 cm³/mol. The number of benzene rings is 1. The van der Waals surface area contributed by atoms with Crippen molar-refractivity contribution in [1.29, 1.82) is 0 Å². The van der Waals surface area contributed by atoms with Crippen molar-refractivity contribution in [3.8, 4) is 0 Å². The first-order valence-electron chi connectivity index (χ1n) is 7.34. The summed E-state index contributed by atoms with van der Waals surface area (Å²) in [6, 6.07) is 11.9. The van der Waals surface area contributed by atoms with Gasteiger partial charge in [0, 0.05) is 18.5 Å². The zero-order valence-corrected chi connectivity index (χ0v) is 13.6. The summed E-state index contributed by atoms with van der Waals surface area (Å²) in [6.07, 6.45) is 1.62. The Morgan fingerprint density at radius 1 is 1.22 bits per heavy atom. The molecule has 0 unspecified atom stereocenters. The van der Waals surface area contributed by atoms with E-state index in [-0.39, 0.29) is 11.7 Å². The number of carbonyl (C=O) groups is 1. The Morgan fingerprint density at radius 3 is 2.78 bits per heavy atom. The van der Waals surface area contributed by atoms with Crippen molar-refractivity contribution in [1.82, 2.24) is 15.0 Å². The highest BCUT2D eigenvalue weighted by molar-refractivity contribution is 7.07. The third-order valence-electron chi connectivity index (χ3n) is 3.51. The molecule has 0 N–H and O–H groups in total. The molecule has 0 aliphatic heterocycles. The summed E-state index contributed by atoms with van der Waals surface area (Å²) in [5.74, 6) is 0.0854. The quantitative estimate of drug-likeness (QED) is 0.697. The minimum absolute atomic E-state index is 0.184. The van der Waals surface area contributed by atoms with Gasteiger partial charge in [0.2, 0.25) is 5.76 Å². The molecule has 0 saturated heterocycles. The maximum absolute atomic E-state index is 12.3. The zero-order valence-electron chi connectivity index (χ0n) is 12.8. The van der Waals surface area contributed by atoms with Gasteiger partial charge >= 0.3 is 0 Å². The van der Waals surface area contributed by atoms with Gasteiger partial charge < -0.3 is 9.42 Å². The van der Waals surface area contributed by atoms with E-state index < -0.39 is 0 Å². The maximum Gasteiger partial charge on any atom is 0.292 e. The first-order valence-corrected chi connectivity index (χ1v) is 8.28. The molecule has 2 aromatic heterocycles. The number of amides is 1. The summed E-state index contributed by atoms with van der Waals surface area (Å²) >= 11 is 1.51. The van der Waals surface area contributed by atoms with Gasteiger partial charge in [-0.1, -0.05) is 35.5 Å². The van der Waals surface area contributed by atoms with Gasteiger partial charge in [0.15, 0.2) is 0 Å². The van der Waals surface area contributed by atoms with E-state index in [4.69, 9.17) is 4.52 Å². The lowest BCUT2D eigenvalue weighted by Gasteiger charge is -2.13. The summed E-state index contributed by atoms with van der Waals surface area (Å²) in [5, 5.41) is 5.92. The van der Waals surface area contributed by atoms with E-state index in [2.05, 4.69) is 22.3 Å². The molecule has 0 atom stereocenters. The zero-order chi connectivity index (χ0) is 16.1. The SMILES string of the molecule is CN(Cc1cscn1)C(=O)c1cc(CCc2ccccc2)no1. The summed E-state index contributed by atoms with van der Waals surface area (Å²) < 4.78 is 5.20. The third kappa shape index (κ3) is 4.04. The fourth-order valence-electron chi connectivity index (χ4n) is 2.27. The minimum Gasteiger partial charge on any atom is -0.351 e. The van der Waals surface area contributed by atoms with Crippen molar-refractivity contribution >= 4 is 17.2 Å². The Labute approximate surface area is 138 Å². The minimum atomic E-state index is -0.184. The van der Waals surface area contributed by atoms with Crippen molar-refractivity contribution in [2.24, 2.45) is 0 Å². The highest BCUT2D eigenvalue weighted by Crippen LogP contribution is 2.12. The highest BCUT2D eigenvalue weighted by Gasteiger charge is 2.18. The van der Waals surface area contributed by atoms with Crippen molar-refractivity contribution in [2.75, 3.05) is 7.05 Å². The van der Waals surface area contributed by atoms with Crippen LogP contribution < -0.4 is 0 Å². The molecule has 3 aromatic rings. The molecule has 3 rings (SSSR count). The summed E-state index contributed by atoms with van der Waals surface area (Å²) in [4.78, 5) is 18.1. The van der Waals surface area contributed by atoms with Gasteiger partial charge in [-0.05, 0) is 18.4 Å². The maximum atomic E-state index is 12.3. The second-order valence-electron chi connectivity index (χ2n) is 5.31. The topological polar surface area (TPSA) is 59.2 Å². The molecule has 6 heteroatoms. The van der Waals surface area contributed by atoms with E-state index >= 15 is 0 Å². The molecule has 0 radical (unpaired) electrons. The summed E-state index contributed by atoms with van der Waals surface area (Å²) in [7, 11) is 1.73. The van der Waals surface area contributed by atoms with Gasteiger partial charge in [-0.25, -0.2) is 4.98 Å². The second kappa shape index (κ2) is 7.19. The number of carbonyl (C=O) groups excluding carboxylic acids is 1. The molecule has 2 heterocycles. The van der Waals surface area contributed by atoms with Crippen LogP contribution in [0.4, 0.5) is 0 Å². The number of aryl methyl sites for hydroxylation is 2. The normalized spacial score (nSPS) is 10.7.